The third-order valence-corrected chi connectivity index (χ3v) is 2.61. The van der Waals surface area contributed by atoms with E-state index in [1.807, 2.05) is 14.0 Å². The van der Waals surface area contributed by atoms with Crippen LogP contribution in [0.25, 0.3) is 0 Å². The van der Waals surface area contributed by atoms with E-state index in [9.17, 15) is 4.79 Å². The molecule has 4 heteroatoms. The molecule has 1 fully saturated rings. The second-order valence-corrected chi connectivity index (χ2v) is 3.81. The monoisotopic (exact) mass is 207 g/mol. The van der Waals surface area contributed by atoms with Gasteiger partial charge in [0.15, 0.2) is 0 Å². The Morgan fingerprint density at radius 1 is 1.60 bits per heavy atom. The van der Waals surface area contributed by atoms with Crippen LogP contribution in [-0.4, -0.2) is 48.4 Å². The molecule has 0 aromatic carbocycles. The molecule has 0 N–H and O–H groups in total. The van der Waals surface area contributed by atoms with Crippen molar-refractivity contribution in [1.82, 2.24) is 9.80 Å². The number of piperazine rings is 1. The standard InChI is InChI=1S/C11H17N3O/c1-3-4-11(15)14-8-7-13(2)9-10(14)5-6-12/h3-4,10H,5,7-9H2,1-2H3/b4-3+. The van der Waals surface area contributed by atoms with Crippen molar-refractivity contribution in [2.45, 2.75) is 19.4 Å². The maximum Gasteiger partial charge on any atom is 0.246 e. The maximum atomic E-state index is 11.7. The normalized spacial score (nSPS) is 23.0. The van der Waals surface area contributed by atoms with Crippen molar-refractivity contribution < 1.29 is 4.79 Å². The molecule has 1 aliphatic heterocycles. The summed E-state index contributed by atoms with van der Waals surface area (Å²) in [6.07, 6.45) is 3.72. The van der Waals surface area contributed by atoms with Gasteiger partial charge in [0.05, 0.1) is 18.5 Å². The third-order valence-electron chi connectivity index (χ3n) is 2.61. The lowest BCUT2D eigenvalue weighted by Gasteiger charge is -2.38. The van der Waals surface area contributed by atoms with Crippen LogP contribution in [0, 0.1) is 11.3 Å². The van der Waals surface area contributed by atoms with E-state index in [4.69, 9.17) is 5.26 Å². The number of carbonyl (C=O) groups is 1. The molecule has 0 aromatic rings. The molecule has 4 nitrogen and oxygen atoms in total. The summed E-state index contributed by atoms with van der Waals surface area (Å²) in [5, 5.41) is 8.71. The lowest BCUT2D eigenvalue weighted by atomic mass is 10.1. The SMILES string of the molecule is C/C=C/C(=O)N1CCN(C)CC1CC#N. The molecule has 0 aromatic heterocycles. The quantitative estimate of drug-likeness (QED) is 0.624. The number of rotatable bonds is 2. The number of nitriles is 1. The lowest BCUT2D eigenvalue weighted by molar-refractivity contribution is -0.130. The zero-order valence-electron chi connectivity index (χ0n) is 9.31. The van der Waals surface area contributed by atoms with Gasteiger partial charge in [0.2, 0.25) is 5.91 Å². The Balaban J connectivity index is 2.68. The highest BCUT2D eigenvalue weighted by atomic mass is 16.2. The molecule has 1 heterocycles. The number of hydrogen-bond acceptors (Lipinski definition) is 3. The van der Waals surface area contributed by atoms with Gasteiger partial charge in [-0.15, -0.1) is 0 Å². The van der Waals surface area contributed by atoms with Crippen molar-refractivity contribution in [2.75, 3.05) is 26.7 Å². The fourth-order valence-electron chi connectivity index (χ4n) is 1.82. The van der Waals surface area contributed by atoms with E-state index in [1.54, 1.807) is 17.1 Å². The molecular weight excluding hydrogens is 190 g/mol. The summed E-state index contributed by atoms with van der Waals surface area (Å²) in [6, 6.07) is 2.18. The van der Waals surface area contributed by atoms with Crippen LogP contribution in [0.3, 0.4) is 0 Å². The first-order valence-corrected chi connectivity index (χ1v) is 5.17. The summed E-state index contributed by atoms with van der Waals surface area (Å²) >= 11 is 0. The van der Waals surface area contributed by atoms with Crippen molar-refractivity contribution in [3.05, 3.63) is 12.2 Å². The first kappa shape index (κ1) is 11.7. The Labute approximate surface area is 90.8 Å². The van der Waals surface area contributed by atoms with Crippen molar-refractivity contribution in [3.8, 4) is 6.07 Å². The molecule has 1 amide bonds. The van der Waals surface area contributed by atoms with Gasteiger partial charge in [-0.3, -0.25) is 4.79 Å². The van der Waals surface area contributed by atoms with E-state index in [0.29, 0.717) is 13.0 Å². The minimum Gasteiger partial charge on any atom is -0.333 e. The second-order valence-electron chi connectivity index (χ2n) is 3.81. The number of carbonyl (C=O) groups excluding carboxylic acids is 1. The highest BCUT2D eigenvalue weighted by molar-refractivity contribution is 5.87. The van der Waals surface area contributed by atoms with E-state index in [1.165, 1.54) is 0 Å². The van der Waals surface area contributed by atoms with Gasteiger partial charge in [-0.1, -0.05) is 6.08 Å². The Morgan fingerprint density at radius 2 is 2.33 bits per heavy atom. The molecular formula is C11H17N3O. The minimum atomic E-state index is 0.0193. The van der Waals surface area contributed by atoms with E-state index in [-0.39, 0.29) is 11.9 Å². The smallest absolute Gasteiger partial charge is 0.246 e. The number of allylic oxidation sites excluding steroid dienone is 1. The molecule has 0 spiro atoms. The Hall–Kier alpha value is -1.34. The molecule has 82 valence electrons. The van der Waals surface area contributed by atoms with Crippen molar-refractivity contribution in [2.24, 2.45) is 0 Å². The number of hydrogen-bond donors (Lipinski definition) is 0. The molecule has 1 atom stereocenters. The molecule has 1 rings (SSSR count). The molecule has 1 saturated heterocycles. The first-order chi connectivity index (χ1) is 7.19. The predicted molar refractivity (Wildman–Crippen MR) is 58.0 cm³/mol. The molecule has 1 unspecified atom stereocenters. The average Bonchev–Trinajstić information content (AvgIpc) is 2.18. The molecule has 0 bridgehead atoms. The van der Waals surface area contributed by atoms with Crippen LogP contribution >= 0.6 is 0 Å². The van der Waals surface area contributed by atoms with Gasteiger partial charge in [0.1, 0.15) is 0 Å². The van der Waals surface area contributed by atoms with Crippen molar-refractivity contribution in [1.29, 1.82) is 5.26 Å². The van der Waals surface area contributed by atoms with Crippen LogP contribution in [0.15, 0.2) is 12.2 Å². The predicted octanol–water partition coefficient (Wildman–Crippen LogP) is 0.619. The van der Waals surface area contributed by atoms with E-state index in [2.05, 4.69) is 11.0 Å². The van der Waals surface area contributed by atoms with Gasteiger partial charge in [0, 0.05) is 19.6 Å². The van der Waals surface area contributed by atoms with Gasteiger partial charge >= 0.3 is 0 Å². The Morgan fingerprint density at radius 3 is 2.93 bits per heavy atom. The molecule has 15 heavy (non-hydrogen) atoms. The lowest BCUT2D eigenvalue weighted by Crippen LogP contribution is -2.53. The fraction of sp³-hybridized carbons (Fsp3) is 0.636. The highest BCUT2D eigenvalue weighted by Crippen LogP contribution is 2.12. The fourth-order valence-corrected chi connectivity index (χ4v) is 1.82. The van der Waals surface area contributed by atoms with Crippen LogP contribution in [0.4, 0.5) is 0 Å². The van der Waals surface area contributed by atoms with Crippen LogP contribution in [0.2, 0.25) is 0 Å². The summed E-state index contributed by atoms with van der Waals surface area (Å²) in [7, 11) is 2.02. The average molecular weight is 207 g/mol. The van der Waals surface area contributed by atoms with Gasteiger partial charge in [-0.2, -0.15) is 5.26 Å². The van der Waals surface area contributed by atoms with Crippen LogP contribution in [-0.2, 0) is 4.79 Å². The maximum absolute atomic E-state index is 11.7. The van der Waals surface area contributed by atoms with Gasteiger partial charge in [-0.05, 0) is 20.0 Å². The summed E-state index contributed by atoms with van der Waals surface area (Å²) in [5.74, 6) is 0.0193. The molecule has 0 radical (unpaired) electrons. The molecule has 0 saturated carbocycles. The first-order valence-electron chi connectivity index (χ1n) is 5.17. The largest absolute Gasteiger partial charge is 0.333 e. The zero-order chi connectivity index (χ0) is 11.3. The number of likely N-dealkylation sites (N-methyl/N-ethyl adjacent to an activating group) is 1. The summed E-state index contributed by atoms with van der Waals surface area (Å²) < 4.78 is 0. The summed E-state index contributed by atoms with van der Waals surface area (Å²) in [4.78, 5) is 15.7. The van der Waals surface area contributed by atoms with Gasteiger partial charge < -0.3 is 9.80 Å². The molecule has 0 aliphatic carbocycles. The van der Waals surface area contributed by atoms with Gasteiger partial charge in [-0.25, -0.2) is 0 Å². The van der Waals surface area contributed by atoms with Gasteiger partial charge in [0.25, 0.3) is 0 Å². The van der Waals surface area contributed by atoms with Crippen molar-refractivity contribution in [3.63, 3.8) is 0 Å². The van der Waals surface area contributed by atoms with E-state index < -0.39 is 0 Å². The van der Waals surface area contributed by atoms with E-state index >= 15 is 0 Å². The summed E-state index contributed by atoms with van der Waals surface area (Å²) in [5.41, 5.74) is 0. The number of amides is 1. The minimum absolute atomic E-state index is 0.0193. The van der Waals surface area contributed by atoms with Crippen LogP contribution < -0.4 is 0 Å². The Bertz CT molecular complexity index is 293. The van der Waals surface area contributed by atoms with Crippen molar-refractivity contribution >= 4 is 5.91 Å². The Kier molecular flexibility index (Phi) is 4.32. The topological polar surface area (TPSA) is 47.3 Å². The highest BCUT2D eigenvalue weighted by Gasteiger charge is 2.27. The van der Waals surface area contributed by atoms with E-state index in [0.717, 1.165) is 13.1 Å². The second kappa shape index (κ2) is 5.52. The number of nitrogens with zero attached hydrogens (tertiary/aromatic N) is 3. The van der Waals surface area contributed by atoms with Crippen LogP contribution in [0.5, 0.6) is 0 Å². The third kappa shape index (κ3) is 3.07. The summed E-state index contributed by atoms with van der Waals surface area (Å²) in [6.45, 7) is 4.21. The van der Waals surface area contributed by atoms with Crippen LogP contribution in [0.1, 0.15) is 13.3 Å². The zero-order valence-corrected chi connectivity index (χ0v) is 9.31. The molecule has 1 aliphatic rings.